The predicted molar refractivity (Wildman–Crippen MR) is 158 cm³/mol. The van der Waals surface area contributed by atoms with Crippen molar-refractivity contribution in [2.75, 3.05) is 5.32 Å². The van der Waals surface area contributed by atoms with Gasteiger partial charge >= 0.3 is 0 Å². The van der Waals surface area contributed by atoms with Gasteiger partial charge in [-0.15, -0.1) is 0 Å². The summed E-state index contributed by atoms with van der Waals surface area (Å²) in [6.07, 6.45) is 0. The van der Waals surface area contributed by atoms with E-state index in [0.717, 1.165) is 16.8 Å². The number of phenolic OH excluding ortho intramolecular Hbond substituents is 1. The Hall–Kier alpha value is -3.09. The molecule has 0 bridgehead atoms. The van der Waals surface area contributed by atoms with Gasteiger partial charge in [0.15, 0.2) is 0 Å². The molecular weight excluding hydrogens is 457 g/mol. The molecule has 3 heteroatoms. The van der Waals surface area contributed by atoms with Crippen LogP contribution in [0, 0.1) is 0 Å². The van der Waals surface area contributed by atoms with Crippen LogP contribution in [-0.4, -0.2) is 5.11 Å². The van der Waals surface area contributed by atoms with Crippen molar-refractivity contribution in [2.24, 2.45) is 0 Å². The minimum absolute atomic E-state index is 0.00466. The van der Waals surface area contributed by atoms with Crippen molar-refractivity contribution in [3.63, 3.8) is 0 Å². The predicted octanol–water partition coefficient (Wildman–Crippen LogP) is 7.36. The Morgan fingerprint density at radius 3 is 1.72 bits per heavy atom. The van der Waals surface area contributed by atoms with Crippen LogP contribution in [-0.2, 0) is 17.4 Å². The molecular formula is C33H38NOP. The molecule has 0 aliphatic rings. The van der Waals surface area contributed by atoms with Crippen molar-refractivity contribution in [1.82, 2.24) is 0 Å². The molecule has 0 saturated carbocycles. The molecule has 0 aromatic heterocycles. The molecule has 2 nitrogen and oxygen atoms in total. The minimum atomic E-state index is -0.729. The molecule has 0 amide bonds. The highest BCUT2D eigenvalue weighted by molar-refractivity contribution is 7.80. The highest BCUT2D eigenvalue weighted by Gasteiger charge is 2.25. The van der Waals surface area contributed by atoms with Gasteiger partial charge in [0, 0.05) is 23.1 Å². The van der Waals surface area contributed by atoms with Crippen molar-refractivity contribution in [2.45, 2.75) is 58.9 Å². The average Bonchev–Trinajstić information content (AvgIpc) is 2.84. The lowest BCUT2D eigenvalue weighted by molar-refractivity contribution is 0.439. The van der Waals surface area contributed by atoms with E-state index in [1.54, 1.807) is 0 Å². The summed E-state index contributed by atoms with van der Waals surface area (Å²) >= 11 is 0. The average molecular weight is 496 g/mol. The normalized spacial score (nSPS) is 12.1. The van der Waals surface area contributed by atoms with Crippen LogP contribution in [0.4, 0.5) is 5.69 Å². The summed E-state index contributed by atoms with van der Waals surface area (Å²) in [5, 5.41) is 18.9. The molecule has 2 N–H and O–H groups in total. The largest absolute Gasteiger partial charge is 0.507 e. The zero-order chi connectivity index (χ0) is 25.9. The van der Waals surface area contributed by atoms with Crippen molar-refractivity contribution in [3.05, 3.63) is 114 Å². The Balaban J connectivity index is 1.75. The Morgan fingerprint density at radius 2 is 1.19 bits per heavy atom. The van der Waals surface area contributed by atoms with E-state index in [0.29, 0.717) is 12.3 Å². The van der Waals surface area contributed by atoms with Crippen molar-refractivity contribution >= 4 is 29.5 Å². The van der Waals surface area contributed by atoms with E-state index < -0.39 is 7.92 Å². The molecule has 0 unspecified atom stereocenters. The van der Waals surface area contributed by atoms with Gasteiger partial charge in [0.05, 0.1) is 0 Å². The minimum Gasteiger partial charge on any atom is -0.507 e. The van der Waals surface area contributed by atoms with Gasteiger partial charge < -0.3 is 10.4 Å². The van der Waals surface area contributed by atoms with Crippen LogP contribution < -0.4 is 21.2 Å². The molecule has 0 fully saturated rings. The first-order valence-electron chi connectivity index (χ1n) is 12.7. The summed E-state index contributed by atoms with van der Waals surface area (Å²) in [5.74, 6) is 0.397. The van der Waals surface area contributed by atoms with Crippen LogP contribution in [0.15, 0.2) is 97.1 Å². The number of benzene rings is 4. The second-order valence-corrected chi connectivity index (χ2v) is 13.6. The maximum absolute atomic E-state index is 11.3. The van der Waals surface area contributed by atoms with Crippen LogP contribution in [0.3, 0.4) is 0 Å². The molecule has 4 aromatic rings. The second kappa shape index (κ2) is 10.5. The molecule has 0 aliphatic heterocycles. The molecule has 0 radical (unpaired) electrons. The van der Waals surface area contributed by atoms with Gasteiger partial charge in [0.1, 0.15) is 5.75 Å². The van der Waals surface area contributed by atoms with Gasteiger partial charge in [-0.2, -0.15) is 0 Å². The Morgan fingerprint density at radius 1 is 0.667 bits per heavy atom. The summed E-state index contributed by atoms with van der Waals surface area (Å²) in [4.78, 5) is 0. The molecule has 0 aliphatic carbocycles. The van der Waals surface area contributed by atoms with Crippen molar-refractivity contribution < 1.29 is 5.11 Å². The van der Waals surface area contributed by atoms with E-state index >= 15 is 0 Å². The van der Waals surface area contributed by atoms with Gasteiger partial charge in [-0.25, -0.2) is 0 Å². The van der Waals surface area contributed by atoms with Gasteiger partial charge in [-0.05, 0) is 52.6 Å². The fourth-order valence-electron chi connectivity index (χ4n) is 4.42. The number of aromatic hydroxyl groups is 1. The molecule has 4 aromatic carbocycles. The lowest BCUT2D eigenvalue weighted by Gasteiger charge is -2.28. The molecule has 0 heterocycles. The Bertz CT molecular complexity index is 1260. The SMILES string of the molecule is CC(C)(C)c1cc(CNc2ccccc2P(c2ccccc2)c2ccccc2)c(O)c(C(C)(C)C)c1. The second-order valence-electron chi connectivity index (χ2n) is 11.4. The standard InChI is InChI=1S/C33H38NOP/c1-32(2,3)25-21-24(31(35)28(22-25)33(4,5)6)23-34-29-19-13-14-20-30(29)36(26-15-9-7-10-16-26)27-17-11-8-12-18-27/h7-22,34-35H,23H2,1-6H3. The molecule has 36 heavy (non-hydrogen) atoms. The number of para-hydroxylation sites is 1. The lowest BCUT2D eigenvalue weighted by atomic mass is 9.79. The smallest absolute Gasteiger partial charge is 0.124 e. The highest BCUT2D eigenvalue weighted by Crippen LogP contribution is 2.39. The van der Waals surface area contributed by atoms with E-state index in [1.807, 2.05) is 0 Å². The monoisotopic (exact) mass is 495 g/mol. The third kappa shape index (κ3) is 5.82. The first kappa shape index (κ1) is 26.0. The molecule has 0 spiro atoms. The fourth-order valence-corrected chi connectivity index (χ4v) is 6.85. The fraction of sp³-hybridized carbons (Fsp3) is 0.273. The van der Waals surface area contributed by atoms with E-state index in [2.05, 4.69) is 144 Å². The molecule has 0 atom stereocenters. The zero-order valence-corrected chi connectivity index (χ0v) is 23.2. The van der Waals surface area contributed by atoms with Gasteiger partial charge in [-0.3, -0.25) is 0 Å². The maximum Gasteiger partial charge on any atom is 0.124 e. The number of rotatable bonds is 6. The Labute approximate surface area is 218 Å². The van der Waals surface area contributed by atoms with Gasteiger partial charge in [0.2, 0.25) is 0 Å². The number of phenols is 1. The Kier molecular flexibility index (Phi) is 7.57. The van der Waals surface area contributed by atoms with Crippen LogP contribution in [0.2, 0.25) is 0 Å². The number of anilines is 1. The van der Waals surface area contributed by atoms with E-state index in [1.165, 1.54) is 21.5 Å². The summed E-state index contributed by atoms with van der Waals surface area (Å²) in [7, 11) is -0.729. The maximum atomic E-state index is 11.3. The summed E-state index contributed by atoms with van der Waals surface area (Å²) < 4.78 is 0. The number of hydrogen-bond donors (Lipinski definition) is 2. The van der Waals surface area contributed by atoms with Crippen LogP contribution in [0.5, 0.6) is 5.75 Å². The van der Waals surface area contributed by atoms with Crippen LogP contribution >= 0.6 is 7.92 Å². The van der Waals surface area contributed by atoms with Crippen molar-refractivity contribution in [1.29, 1.82) is 0 Å². The molecule has 4 rings (SSSR count). The summed E-state index contributed by atoms with van der Waals surface area (Å²) in [5.41, 5.74) is 4.13. The highest BCUT2D eigenvalue weighted by atomic mass is 31.1. The van der Waals surface area contributed by atoms with E-state index in [9.17, 15) is 5.11 Å². The molecule has 186 valence electrons. The van der Waals surface area contributed by atoms with Gasteiger partial charge in [-0.1, -0.05) is 126 Å². The zero-order valence-electron chi connectivity index (χ0n) is 22.3. The van der Waals surface area contributed by atoms with Crippen LogP contribution in [0.1, 0.15) is 58.2 Å². The molecule has 0 saturated heterocycles. The lowest BCUT2D eigenvalue weighted by Crippen LogP contribution is -2.23. The quantitative estimate of drug-likeness (QED) is 0.274. The van der Waals surface area contributed by atoms with Gasteiger partial charge in [0.25, 0.3) is 0 Å². The number of nitrogens with one attached hydrogen (secondary N) is 1. The van der Waals surface area contributed by atoms with Crippen LogP contribution in [0.25, 0.3) is 0 Å². The first-order valence-corrected chi connectivity index (χ1v) is 14.0. The van der Waals surface area contributed by atoms with E-state index in [4.69, 9.17) is 0 Å². The third-order valence-electron chi connectivity index (χ3n) is 6.51. The summed E-state index contributed by atoms with van der Waals surface area (Å²) in [6.45, 7) is 13.7. The summed E-state index contributed by atoms with van der Waals surface area (Å²) in [6, 6.07) is 34.5. The topological polar surface area (TPSA) is 32.3 Å². The number of hydrogen-bond acceptors (Lipinski definition) is 2. The van der Waals surface area contributed by atoms with E-state index in [-0.39, 0.29) is 10.8 Å². The van der Waals surface area contributed by atoms with Crippen molar-refractivity contribution in [3.8, 4) is 5.75 Å². The third-order valence-corrected chi connectivity index (χ3v) is 9.01. The first-order chi connectivity index (χ1) is 17.1.